The van der Waals surface area contributed by atoms with Gasteiger partial charge in [0.25, 0.3) is 0 Å². The minimum atomic E-state index is -0.893. The second kappa shape index (κ2) is 3.99. The van der Waals surface area contributed by atoms with Crippen molar-refractivity contribution in [3.05, 3.63) is 0 Å². The minimum absolute atomic E-state index is 0.0714. The van der Waals surface area contributed by atoms with Gasteiger partial charge in [0.05, 0.1) is 0 Å². The number of nitriles is 1. The highest BCUT2D eigenvalue weighted by atomic mass is 16.4. The van der Waals surface area contributed by atoms with Gasteiger partial charge < -0.3 is 14.9 Å². The molecule has 1 rings (SSSR count). The van der Waals surface area contributed by atoms with Gasteiger partial charge in [0.15, 0.2) is 6.19 Å². The monoisotopic (exact) mass is 183 g/mol. The Bertz CT molecular complexity index is 228. The molecule has 1 amide bonds. The standard InChI is InChI=1S/C8H13N3O2/c1-10(8(12)13)7-2-4-11(6-9)5-3-7/h7H,2-5H2,1H3,(H,12,13). The van der Waals surface area contributed by atoms with Crippen LogP contribution in [0.5, 0.6) is 0 Å². The molecule has 1 saturated heterocycles. The molecule has 0 aromatic rings. The number of amides is 1. The van der Waals surface area contributed by atoms with E-state index in [0.29, 0.717) is 13.1 Å². The van der Waals surface area contributed by atoms with E-state index in [1.165, 1.54) is 4.90 Å². The summed E-state index contributed by atoms with van der Waals surface area (Å²) in [5, 5.41) is 17.3. The molecule has 5 nitrogen and oxygen atoms in total. The zero-order valence-electron chi connectivity index (χ0n) is 7.60. The Morgan fingerprint density at radius 2 is 2.15 bits per heavy atom. The van der Waals surface area contributed by atoms with Crippen LogP contribution in [0.15, 0.2) is 0 Å². The van der Waals surface area contributed by atoms with Gasteiger partial charge in [0.1, 0.15) is 0 Å². The minimum Gasteiger partial charge on any atom is -0.465 e. The van der Waals surface area contributed by atoms with E-state index < -0.39 is 6.09 Å². The summed E-state index contributed by atoms with van der Waals surface area (Å²) in [7, 11) is 1.58. The molecule has 72 valence electrons. The van der Waals surface area contributed by atoms with Crippen LogP contribution in [0.25, 0.3) is 0 Å². The van der Waals surface area contributed by atoms with E-state index in [9.17, 15) is 4.79 Å². The van der Waals surface area contributed by atoms with Crippen LogP contribution in [0, 0.1) is 11.5 Å². The number of nitrogens with zero attached hydrogens (tertiary/aromatic N) is 3. The van der Waals surface area contributed by atoms with Crippen molar-refractivity contribution in [3.8, 4) is 6.19 Å². The smallest absolute Gasteiger partial charge is 0.407 e. The van der Waals surface area contributed by atoms with Crippen molar-refractivity contribution >= 4 is 6.09 Å². The lowest BCUT2D eigenvalue weighted by molar-refractivity contribution is 0.117. The number of carbonyl (C=O) groups is 1. The summed E-state index contributed by atoms with van der Waals surface area (Å²) < 4.78 is 0. The Morgan fingerprint density at radius 1 is 1.62 bits per heavy atom. The zero-order chi connectivity index (χ0) is 9.84. The highest BCUT2D eigenvalue weighted by Crippen LogP contribution is 2.14. The summed E-state index contributed by atoms with van der Waals surface area (Å²) in [6, 6.07) is 0.0714. The maximum absolute atomic E-state index is 10.6. The SMILES string of the molecule is CN(C(=O)O)C1CCN(C#N)CC1. The van der Waals surface area contributed by atoms with E-state index in [1.54, 1.807) is 11.9 Å². The van der Waals surface area contributed by atoms with E-state index in [-0.39, 0.29) is 6.04 Å². The number of rotatable bonds is 1. The van der Waals surface area contributed by atoms with Crippen LogP contribution in [0.3, 0.4) is 0 Å². The van der Waals surface area contributed by atoms with Gasteiger partial charge in [-0.2, -0.15) is 5.26 Å². The first-order valence-electron chi connectivity index (χ1n) is 4.25. The maximum Gasteiger partial charge on any atom is 0.407 e. The molecule has 1 aliphatic heterocycles. The summed E-state index contributed by atoms with van der Waals surface area (Å²) in [4.78, 5) is 13.6. The topological polar surface area (TPSA) is 67.6 Å². The van der Waals surface area contributed by atoms with Crippen molar-refractivity contribution in [1.82, 2.24) is 9.80 Å². The molecule has 0 aliphatic carbocycles. The van der Waals surface area contributed by atoms with Gasteiger partial charge in [-0.25, -0.2) is 4.79 Å². The third-order valence-corrected chi connectivity index (χ3v) is 2.46. The first-order chi connectivity index (χ1) is 6.15. The second-order valence-corrected chi connectivity index (χ2v) is 3.21. The predicted octanol–water partition coefficient (Wildman–Crippen LogP) is 0.542. The normalized spacial score (nSPS) is 18.0. The first kappa shape index (κ1) is 9.65. The van der Waals surface area contributed by atoms with Crippen LogP contribution < -0.4 is 0 Å². The van der Waals surface area contributed by atoms with Crippen LogP contribution in [-0.2, 0) is 0 Å². The molecule has 0 aromatic heterocycles. The average Bonchev–Trinajstić information content (AvgIpc) is 2.17. The zero-order valence-corrected chi connectivity index (χ0v) is 7.60. The quantitative estimate of drug-likeness (QED) is 0.602. The lowest BCUT2D eigenvalue weighted by Gasteiger charge is -2.32. The van der Waals surface area contributed by atoms with E-state index in [4.69, 9.17) is 10.4 Å². The van der Waals surface area contributed by atoms with Crippen LogP contribution in [0.2, 0.25) is 0 Å². The number of likely N-dealkylation sites (tertiary alicyclic amines) is 1. The third-order valence-electron chi connectivity index (χ3n) is 2.46. The van der Waals surface area contributed by atoms with E-state index in [1.807, 2.05) is 0 Å². The number of carboxylic acid groups (broad SMARTS) is 1. The first-order valence-corrected chi connectivity index (χ1v) is 4.25. The molecule has 0 bridgehead atoms. The Morgan fingerprint density at radius 3 is 2.54 bits per heavy atom. The second-order valence-electron chi connectivity index (χ2n) is 3.21. The van der Waals surface area contributed by atoms with Crippen LogP contribution >= 0.6 is 0 Å². The van der Waals surface area contributed by atoms with Crippen molar-refractivity contribution < 1.29 is 9.90 Å². The molecule has 5 heteroatoms. The third kappa shape index (κ3) is 2.25. The molecule has 0 atom stereocenters. The summed E-state index contributed by atoms with van der Waals surface area (Å²) in [5.74, 6) is 0. The Hall–Kier alpha value is -1.44. The average molecular weight is 183 g/mol. The predicted molar refractivity (Wildman–Crippen MR) is 46.0 cm³/mol. The Kier molecular flexibility index (Phi) is 2.96. The molecular weight excluding hydrogens is 170 g/mol. The van der Waals surface area contributed by atoms with Gasteiger partial charge in [-0.3, -0.25) is 0 Å². The van der Waals surface area contributed by atoms with E-state index >= 15 is 0 Å². The van der Waals surface area contributed by atoms with Crippen molar-refractivity contribution in [2.75, 3.05) is 20.1 Å². The molecule has 0 spiro atoms. The number of hydrogen-bond acceptors (Lipinski definition) is 3. The molecule has 0 unspecified atom stereocenters. The molecule has 1 aliphatic rings. The largest absolute Gasteiger partial charge is 0.465 e. The lowest BCUT2D eigenvalue weighted by atomic mass is 10.0. The van der Waals surface area contributed by atoms with Gasteiger partial charge in [-0.05, 0) is 12.8 Å². The summed E-state index contributed by atoms with van der Waals surface area (Å²) in [6.07, 6.45) is 2.66. The van der Waals surface area contributed by atoms with E-state index in [2.05, 4.69) is 6.19 Å². The van der Waals surface area contributed by atoms with Gasteiger partial charge >= 0.3 is 6.09 Å². The van der Waals surface area contributed by atoms with Gasteiger partial charge in [0.2, 0.25) is 0 Å². The molecule has 0 radical (unpaired) electrons. The Balaban J connectivity index is 2.41. The molecule has 1 fully saturated rings. The molecule has 1 heterocycles. The maximum atomic E-state index is 10.6. The molecule has 0 saturated carbocycles. The van der Waals surface area contributed by atoms with Gasteiger partial charge in [-0.15, -0.1) is 0 Å². The van der Waals surface area contributed by atoms with Crippen molar-refractivity contribution in [3.63, 3.8) is 0 Å². The highest BCUT2D eigenvalue weighted by molar-refractivity contribution is 5.64. The van der Waals surface area contributed by atoms with E-state index in [0.717, 1.165) is 12.8 Å². The fourth-order valence-electron chi connectivity index (χ4n) is 1.51. The van der Waals surface area contributed by atoms with Crippen molar-refractivity contribution in [2.24, 2.45) is 0 Å². The van der Waals surface area contributed by atoms with Crippen LogP contribution in [0.4, 0.5) is 4.79 Å². The fourth-order valence-corrected chi connectivity index (χ4v) is 1.51. The van der Waals surface area contributed by atoms with Gasteiger partial charge in [-0.1, -0.05) is 0 Å². The molecule has 13 heavy (non-hydrogen) atoms. The van der Waals surface area contributed by atoms with Crippen molar-refractivity contribution in [1.29, 1.82) is 5.26 Å². The van der Waals surface area contributed by atoms with Crippen LogP contribution in [-0.4, -0.2) is 47.2 Å². The van der Waals surface area contributed by atoms with Gasteiger partial charge in [0, 0.05) is 26.2 Å². The van der Waals surface area contributed by atoms with Crippen LogP contribution in [0.1, 0.15) is 12.8 Å². The molecular formula is C8H13N3O2. The van der Waals surface area contributed by atoms with Crippen molar-refractivity contribution in [2.45, 2.75) is 18.9 Å². The summed E-state index contributed by atoms with van der Waals surface area (Å²) in [5.41, 5.74) is 0. The Labute approximate surface area is 77.2 Å². The lowest BCUT2D eigenvalue weighted by Crippen LogP contribution is -2.43. The number of hydrogen-bond donors (Lipinski definition) is 1. The highest BCUT2D eigenvalue weighted by Gasteiger charge is 2.24. The summed E-state index contributed by atoms with van der Waals surface area (Å²) >= 11 is 0. The number of piperidine rings is 1. The molecule has 1 N–H and O–H groups in total. The summed E-state index contributed by atoms with van der Waals surface area (Å²) in [6.45, 7) is 1.33. The molecule has 0 aromatic carbocycles. The fraction of sp³-hybridized carbons (Fsp3) is 0.750.